The zero-order chi connectivity index (χ0) is 24.2. The van der Waals surface area contributed by atoms with E-state index >= 15 is 0 Å². The fourth-order valence-electron chi connectivity index (χ4n) is 3.55. The van der Waals surface area contributed by atoms with Crippen molar-refractivity contribution in [3.63, 3.8) is 0 Å². The van der Waals surface area contributed by atoms with E-state index in [0.717, 1.165) is 11.1 Å². The van der Waals surface area contributed by atoms with Gasteiger partial charge < -0.3 is 23.9 Å². The summed E-state index contributed by atoms with van der Waals surface area (Å²) in [5, 5.41) is 6.83. The summed E-state index contributed by atoms with van der Waals surface area (Å²) in [6, 6.07) is 14.2. The maximum Gasteiger partial charge on any atom is 0.263 e. The van der Waals surface area contributed by atoms with Crippen molar-refractivity contribution in [2.45, 2.75) is 20.4 Å². The predicted octanol–water partition coefficient (Wildman–Crippen LogP) is 3.84. The van der Waals surface area contributed by atoms with Crippen LogP contribution >= 0.6 is 0 Å². The number of benzene rings is 2. The molecule has 2 aromatic carbocycles. The molecule has 34 heavy (non-hydrogen) atoms. The summed E-state index contributed by atoms with van der Waals surface area (Å²) in [4.78, 5) is 30.0. The predicted molar refractivity (Wildman–Crippen MR) is 127 cm³/mol. The number of anilines is 1. The van der Waals surface area contributed by atoms with E-state index in [4.69, 9.17) is 14.0 Å². The van der Waals surface area contributed by atoms with Crippen LogP contribution in [0.4, 0.5) is 5.69 Å². The zero-order valence-electron chi connectivity index (χ0n) is 19.3. The number of aromatic nitrogens is 3. The monoisotopic (exact) mass is 460 g/mol. The van der Waals surface area contributed by atoms with Crippen molar-refractivity contribution in [3.8, 4) is 34.3 Å². The lowest BCUT2D eigenvalue weighted by molar-refractivity contribution is -0.116. The van der Waals surface area contributed by atoms with Crippen molar-refractivity contribution >= 4 is 11.6 Å². The van der Waals surface area contributed by atoms with Crippen LogP contribution in [0.1, 0.15) is 11.1 Å². The minimum atomic E-state index is -0.416. The summed E-state index contributed by atoms with van der Waals surface area (Å²) in [7, 11) is 3.08. The Kier molecular flexibility index (Phi) is 6.44. The Morgan fingerprint density at radius 2 is 1.85 bits per heavy atom. The Morgan fingerprint density at radius 3 is 2.59 bits per heavy atom. The van der Waals surface area contributed by atoms with Gasteiger partial charge in [-0.15, -0.1) is 0 Å². The molecule has 2 aromatic heterocycles. The smallest absolute Gasteiger partial charge is 0.263 e. The Hall–Kier alpha value is -4.40. The van der Waals surface area contributed by atoms with Crippen molar-refractivity contribution < 1.29 is 18.8 Å². The quantitative estimate of drug-likeness (QED) is 0.446. The van der Waals surface area contributed by atoms with Crippen LogP contribution in [0.25, 0.3) is 22.8 Å². The van der Waals surface area contributed by atoms with E-state index < -0.39 is 5.56 Å². The Morgan fingerprint density at radius 1 is 1.06 bits per heavy atom. The van der Waals surface area contributed by atoms with Crippen molar-refractivity contribution in [1.29, 1.82) is 0 Å². The van der Waals surface area contributed by atoms with Gasteiger partial charge in [-0.25, -0.2) is 0 Å². The molecule has 0 aliphatic rings. The van der Waals surface area contributed by atoms with Gasteiger partial charge in [-0.05, 0) is 55.8 Å². The number of methoxy groups -OCH3 is 2. The number of carbonyl (C=O) groups excluding carboxylic acids is 1. The molecular formula is C25H24N4O5. The van der Waals surface area contributed by atoms with Crippen LogP contribution in [0.15, 0.2) is 64.0 Å². The summed E-state index contributed by atoms with van der Waals surface area (Å²) in [6.07, 6.45) is 1.54. The first-order valence-electron chi connectivity index (χ1n) is 10.5. The molecule has 174 valence electrons. The van der Waals surface area contributed by atoms with E-state index in [9.17, 15) is 9.59 Å². The summed E-state index contributed by atoms with van der Waals surface area (Å²) in [5.41, 5.74) is 3.17. The van der Waals surface area contributed by atoms with Crippen LogP contribution in [0.3, 0.4) is 0 Å². The van der Waals surface area contributed by atoms with Gasteiger partial charge in [0.15, 0.2) is 11.5 Å². The second kappa shape index (κ2) is 9.62. The molecule has 0 unspecified atom stereocenters. The number of pyridine rings is 1. The molecule has 0 spiro atoms. The molecule has 0 fully saturated rings. The normalized spacial score (nSPS) is 10.7. The van der Waals surface area contributed by atoms with Crippen LogP contribution in [-0.2, 0) is 11.3 Å². The standard InChI is InChI=1S/C25H24N4O5/c1-15-7-9-19(16(2)12-15)26-22(30)14-29-11-5-6-18(25(29)31)24-27-23(28-34-24)17-8-10-20(32-3)21(13-17)33-4/h5-13H,14H2,1-4H3,(H,26,30). The van der Waals surface area contributed by atoms with Crippen molar-refractivity contribution in [3.05, 3.63) is 76.2 Å². The van der Waals surface area contributed by atoms with Crippen molar-refractivity contribution in [2.75, 3.05) is 19.5 Å². The summed E-state index contributed by atoms with van der Waals surface area (Å²) in [6.45, 7) is 3.75. The fraction of sp³-hybridized carbons (Fsp3) is 0.200. The number of amides is 1. The van der Waals surface area contributed by atoms with Crippen LogP contribution < -0.4 is 20.3 Å². The van der Waals surface area contributed by atoms with Gasteiger partial charge in [0.2, 0.25) is 11.7 Å². The van der Waals surface area contributed by atoms with Gasteiger partial charge in [0.1, 0.15) is 12.1 Å². The molecule has 0 aliphatic carbocycles. The van der Waals surface area contributed by atoms with E-state index in [1.807, 2.05) is 32.0 Å². The Labute approximate surface area is 196 Å². The molecule has 2 heterocycles. The molecule has 0 atom stereocenters. The second-order valence-corrected chi connectivity index (χ2v) is 7.71. The molecule has 0 radical (unpaired) electrons. The SMILES string of the molecule is COc1ccc(-c2noc(-c3cccn(CC(=O)Nc4ccc(C)cc4C)c3=O)n2)cc1OC. The lowest BCUT2D eigenvalue weighted by atomic mass is 10.1. The van der Waals surface area contributed by atoms with Gasteiger partial charge in [0.25, 0.3) is 11.4 Å². The van der Waals surface area contributed by atoms with Crippen LogP contribution in [-0.4, -0.2) is 34.8 Å². The molecule has 0 bridgehead atoms. The average Bonchev–Trinajstić information content (AvgIpc) is 3.32. The number of nitrogens with one attached hydrogen (secondary N) is 1. The first-order chi connectivity index (χ1) is 16.4. The zero-order valence-corrected chi connectivity index (χ0v) is 19.3. The third-order valence-electron chi connectivity index (χ3n) is 5.29. The van der Waals surface area contributed by atoms with Gasteiger partial charge in [-0.3, -0.25) is 9.59 Å². The van der Waals surface area contributed by atoms with E-state index in [-0.39, 0.29) is 23.9 Å². The number of hydrogen-bond donors (Lipinski definition) is 1. The largest absolute Gasteiger partial charge is 0.493 e. The van der Waals surface area contributed by atoms with Gasteiger partial charge in [-0.1, -0.05) is 22.9 Å². The van der Waals surface area contributed by atoms with E-state index in [2.05, 4.69) is 15.5 Å². The fourth-order valence-corrected chi connectivity index (χ4v) is 3.55. The highest BCUT2D eigenvalue weighted by atomic mass is 16.5. The molecule has 0 saturated carbocycles. The maximum atomic E-state index is 13.0. The highest BCUT2D eigenvalue weighted by Crippen LogP contribution is 2.31. The molecule has 9 nitrogen and oxygen atoms in total. The summed E-state index contributed by atoms with van der Waals surface area (Å²) in [5.74, 6) is 1.11. The highest BCUT2D eigenvalue weighted by Gasteiger charge is 2.17. The molecule has 0 aliphatic heterocycles. The van der Waals surface area contributed by atoms with Gasteiger partial charge >= 0.3 is 0 Å². The van der Waals surface area contributed by atoms with E-state index in [0.29, 0.717) is 28.6 Å². The van der Waals surface area contributed by atoms with E-state index in [1.165, 1.54) is 11.7 Å². The molecule has 4 rings (SSSR count). The Balaban J connectivity index is 1.56. The average molecular weight is 460 g/mol. The van der Waals surface area contributed by atoms with Crippen molar-refractivity contribution in [1.82, 2.24) is 14.7 Å². The lowest BCUT2D eigenvalue weighted by Crippen LogP contribution is -2.28. The minimum absolute atomic E-state index is 0.0546. The van der Waals surface area contributed by atoms with E-state index in [1.54, 1.807) is 43.6 Å². The second-order valence-electron chi connectivity index (χ2n) is 7.71. The van der Waals surface area contributed by atoms with Gasteiger partial charge in [-0.2, -0.15) is 4.98 Å². The van der Waals surface area contributed by atoms with Gasteiger partial charge in [0.05, 0.1) is 14.2 Å². The number of hydrogen-bond acceptors (Lipinski definition) is 7. The molecule has 1 amide bonds. The number of rotatable bonds is 7. The molecule has 9 heteroatoms. The molecule has 1 N–H and O–H groups in total. The lowest BCUT2D eigenvalue weighted by Gasteiger charge is -2.10. The maximum absolute atomic E-state index is 13.0. The van der Waals surface area contributed by atoms with Crippen molar-refractivity contribution in [2.24, 2.45) is 0 Å². The van der Waals surface area contributed by atoms with Crippen LogP contribution in [0.5, 0.6) is 11.5 Å². The summed E-state index contributed by atoms with van der Waals surface area (Å²) >= 11 is 0. The number of nitrogens with zero attached hydrogens (tertiary/aromatic N) is 3. The highest BCUT2D eigenvalue weighted by molar-refractivity contribution is 5.91. The van der Waals surface area contributed by atoms with Crippen LogP contribution in [0, 0.1) is 13.8 Å². The third kappa shape index (κ3) is 4.68. The number of ether oxygens (including phenoxy) is 2. The minimum Gasteiger partial charge on any atom is -0.493 e. The molecule has 4 aromatic rings. The first-order valence-corrected chi connectivity index (χ1v) is 10.5. The third-order valence-corrected chi connectivity index (χ3v) is 5.29. The summed E-state index contributed by atoms with van der Waals surface area (Å²) < 4.78 is 17.2. The number of carbonyl (C=O) groups is 1. The molecular weight excluding hydrogens is 436 g/mol. The molecule has 0 saturated heterocycles. The first kappa shape index (κ1) is 22.8. The Bertz CT molecular complexity index is 1410. The topological polar surface area (TPSA) is 108 Å². The van der Waals surface area contributed by atoms with Gasteiger partial charge in [0, 0.05) is 17.4 Å². The van der Waals surface area contributed by atoms with Crippen LogP contribution in [0.2, 0.25) is 0 Å². The number of aryl methyl sites for hydroxylation is 2.